The van der Waals surface area contributed by atoms with E-state index in [0.29, 0.717) is 6.54 Å². The Labute approximate surface area is 150 Å². The molecular formula is C19H30N4O2. The maximum Gasteiger partial charge on any atom is 0.241 e. The summed E-state index contributed by atoms with van der Waals surface area (Å²) in [5.41, 5.74) is 1.12. The molecule has 25 heavy (non-hydrogen) atoms. The zero-order chi connectivity index (χ0) is 18.2. The molecule has 1 aliphatic rings. The van der Waals surface area contributed by atoms with E-state index >= 15 is 0 Å². The first-order valence-electron chi connectivity index (χ1n) is 8.86. The molecule has 1 aromatic carbocycles. The van der Waals surface area contributed by atoms with Crippen LogP contribution in [0.25, 0.3) is 0 Å². The van der Waals surface area contributed by atoms with E-state index in [1.165, 1.54) is 0 Å². The Kier molecular flexibility index (Phi) is 7.10. The number of carbonyl (C=O) groups excluding carboxylic acids is 1. The highest BCUT2D eigenvalue weighted by Gasteiger charge is 2.19. The first-order chi connectivity index (χ1) is 12.0. The predicted octanol–water partition coefficient (Wildman–Crippen LogP) is 1.96. The molecule has 1 saturated heterocycles. The predicted molar refractivity (Wildman–Crippen MR) is 101 cm³/mol. The molecule has 0 aromatic heterocycles. The average Bonchev–Trinajstić information content (AvgIpc) is 2.63. The second-order valence-corrected chi connectivity index (χ2v) is 6.80. The van der Waals surface area contributed by atoms with E-state index in [2.05, 4.69) is 17.1 Å². The highest BCUT2D eigenvalue weighted by Crippen LogP contribution is 2.16. The number of guanidine groups is 1. The summed E-state index contributed by atoms with van der Waals surface area (Å²) < 4.78 is 5.19. The fraction of sp³-hybridized carbons (Fsp3) is 0.579. The van der Waals surface area contributed by atoms with E-state index in [0.717, 1.165) is 49.1 Å². The Morgan fingerprint density at radius 3 is 2.48 bits per heavy atom. The van der Waals surface area contributed by atoms with Gasteiger partial charge in [0.25, 0.3) is 0 Å². The molecule has 1 heterocycles. The summed E-state index contributed by atoms with van der Waals surface area (Å²) in [5.74, 6) is 2.45. The van der Waals surface area contributed by atoms with Crippen molar-refractivity contribution in [3.05, 3.63) is 29.8 Å². The number of nitrogens with one attached hydrogen (secondary N) is 1. The maximum atomic E-state index is 11.9. The van der Waals surface area contributed by atoms with Gasteiger partial charge >= 0.3 is 0 Å². The number of rotatable bonds is 5. The standard InChI is InChI=1S/C19H30N4O2/c1-15-9-11-23(12-10-15)19(21-14-18(24)22(2)3)20-13-16-5-7-17(25-4)8-6-16/h5-8,15H,9-14H2,1-4H3,(H,20,21). The fourth-order valence-corrected chi connectivity index (χ4v) is 2.70. The van der Waals surface area contributed by atoms with Gasteiger partial charge in [-0.05, 0) is 36.5 Å². The molecule has 1 amide bonds. The fourth-order valence-electron chi connectivity index (χ4n) is 2.70. The Morgan fingerprint density at radius 1 is 1.28 bits per heavy atom. The molecule has 0 bridgehead atoms. The molecule has 6 heteroatoms. The van der Waals surface area contributed by atoms with Gasteiger partial charge in [-0.15, -0.1) is 0 Å². The summed E-state index contributed by atoms with van der Waals surface area (Å²) in [5, 5.41) is 3.24. The minimum atomic E-state index is 0.0440. The molecule has 0 atom stereocenters. The van der Waals surface area contributed by atoms with Crippen molar-refractivity contribution < 1.29 is 9.53 Å². The third-order valence-corrected chi connectivity index (χ3v) is 4.55. The number of methoxy groups -OCH3 is 1. The Morgan fingerprint density at radius 2 is 1.92 bits per heavy atom. The number of amides is 1. The summed E-state index contributed by atoms with van der Waals surface area (Å²) in [6.07, 6.45) is 2.32. The molecule has 6 nitrogen and oxygen atoms in total. The highest BCUT2D eigenvalue weighted by atomic mass is 16.5. The maximum absolute atomic E-state index is 11.9. The lowest BCUT2D eigenvalue weighted by atomic mass is 9.99. The zero-order valence-corrected chi connectivity index (χ0v) is 15.8. The second-order valence-electron chi connectivity index (χ2n) is 6.80. The van der Waals surface area contributed by atoms with Gasteiger partial charge in [-0.2, -0.15) is 0 Å². The summed E-state index contributed by atoms with van der Waals surface area (Å²) >= 11 is 0. The zero-order valence-electron chi connectivity index (χ0n) is 15.8. The Hall–Kier alpha value is -2.24. The number of carbonyl (C=O) groups is 1. The number of benzene rings is 1. The first kappa shape index (κ1) is 19.1. The summed E-state index contributed by atoms with van der Waals surface area (Å²) in [6, 6.07) is 7.92. The van der Waals surface area contributed by atoms with E-state index in [4.69, 9.17) is 9.73 Å². The van der Waals surface area contributed by atoms with Crippen molar-refractivity contribution >= 4 is 11.9 Å². The van der Waals surface area contributed by atoms with Gasteiger partial charge in [0.2, 0.25) is 5.91 Å². The molecule has 0 radical (unpaired) electrons. The van der Waals surface area contributed by atoms with Crippen LogP contribution in [0.5, 0.6) is 5.75 Å². The largest absolute Gasteiger partial charge is 0.497 e. The van der Waals surface area contributed by atoms with Crippen molar-refractivity contribution in [3.8, 4) is 5.75 Å². The molecule has 138 valence electrons. The number of nitrogens with zero attached hydrogens (tertiary/aromatic N) is 3. The van der Waals surface area contributed by atoms with Gasteiger partial charge in [0, 0.05) is 27.2 Å². The van der Waals surface area contributed by atoms with Crippen molar-refractivity contribution in [2.75, 3.05) is 40.8 Å². The summed E-state index contributed by atoms with van der Waals surface area (Å²) in [6.45, 7) is 5.08. The van der Waals surface area contributed by atoms with Crippen LogP contribution in [-0.2, 0) is 11.3 Å². The smallest absolute Gasteiger partial charge is 0.241 e. The van der Waals surface area contributed by atoms with Crippen LogP contribution in [0, 0.1) is 5.92 Å². The lowest BCUT2D eigenvalue weighted by Gasteiger charge is -2.33. The quantitative estimate of drug-likeness (QED) is 0.654. The molecule has 1 aromatic rings. The van der Waals surface area contributed by atoms with E-state index in [9.17, 15) is 4.79 Å². The Balaban J connectivity index is 2.04. The minimum Gasteiger partial charge on any atom is -0.497 e. The molecule has 0 aliphatic carbocycles. The number of likely N-dealkylation sites (tertiary alicyclic amines) is 1. The Bertz CT molecular complexity index is 576. The molecule has 1 N–H and O–H groups in total. The van der Waals surface area contributed by atoms with Crippen molar-refractivity contribution in [1.82, 2.24) is 15.1 Å². The monoisotopic (exact) mass is 346 g/mol. The highest BCUT2D eigenvalue weighted by molar-refractivity contribution is 5.86. The van der Waals surface area contributed by atoms with E-state index in [1.807, 2.05) is 24.3 Å². The number of piperidine rings is 1. The van der Waals surface area contributed by atoms with Crippen molar-refractivity contribution in [2.45, 2.75) is 26.3 Å². The van der Waals surface area contributed by atoms with Crippen LogP contribution in [0.4, 0.5) is 0 Å². The van der Waals surface area contributed by atoms with Crippen molar-refractivity contribution in [1.29, 1.82) is 0 Å². The number of ether oxygens (including phenoxy) is 1. The second kappa shape index (κ2) is 9.30. The molecule has 2 rings (SSSR count). The van der Waals surface area contributed by atoms with Crippen LogP contribution in [0.2, 0.25) is 0 Å². The topological polar surface area (TPSA) is 57.2 Å². The van der Waals surface area contributed by atoms with Gasteiger partial charge in [0.05, 0.1) is 20.2 Å². The van der Waals surface area contributed by atoms with Crippen LogP contribution < -0.4 is 10.1 Å². The third kappa shape index (κ3) is 5.96. The van der Waals surface area contributed by atoms with Gasteiger partial charge in [-0.3, -0.25) is 4.79 Å². The van der Waals surface area contributed by atoms with Crippen LogP contribution in [-0.4, -0.2) is 62.5 Å². The normalized spacial score (nSPS) is 15.8. The number of hydrogen-bond donors (Lipinski definition) is 1. The summed E-state index contributed by atoms with van der Waals surface area (Å²) in [7, 11) is 5.19. The van der Waals surface area contributed by atoms with Crippen molar-refractivity contribution in [3.63, 3.8) is 0 Å². The molecule has 0 saturated carbocycles. The van der Waals surface area contributed by atoms with Gasteiger partial charge in [0.15, 0.2) is 5.96 Å². The number of aliphatic imine (C=N–C) groups is 1. The third-order valence-electron chi connectivity index (χ3n) is 4.55. The van der Waals surface area contributed by atoms with Crippen LogP contribution >= 0.6 is 0 Å². The number of hydrogen-bond acceptors (Lipinski definition) is 3. The van der Waals surface area contributed by atoms with E-state index < -0.39 is 0 Å². The van der Waals surface area contributed by atoms with E-state index in [1.54, 1.807) is 26.1 Å². The summed E-state index contributed by atoms with van der Waals surface area (Å²) in [4.78, 5) is 20.5. The SMILES string of the molecule is COc1ccc(CN=C(NCC(=O)N(C)C)N2CCC(C)CC2)cc1. The van der Waals surface area contributed by atoms with Gasteiger partial charge in [-0.25, -0.2) is 4.99 Å². The molecule has 1 aliphatic heterocycles. The van der Waals surface area contributed by atoms with Crippen LogP contribution in [0.15, 0.2) is 29.3 Å². The van der Waals surface area contributed by atoms with Crippen LogP contribution in [0.1, 0.15) is 25.3 Å². The minimum absolute atomic E-state index is 0.0440. The molecular weight excluding hydrogens is 316 g/mol. The van der Waals surface area contributed by atoms with Crippen molar-refractivity contribution in [2.24, 2.45) is 10.9 Å². The van der Waals surface area contributed by atoms with Gasteiger partial charge in [-0.1, -0.05) is 19.1 Å². The first-order valence-corrected chi connectivity index (χ1v) is 8.86. The molecule has 1 fully saturated rings. The van der Waals surface area contributed by atoms with Gasteiger partial charge < -0.3 is 19.9 Å². The molecule has 0 spiro atoms. The van der Waals surface area contributed by atoms with Gasteiger partial charge in [0.1, 0.15) is 5.75 Å². The van der Waals surface area contributed by atoms with E-state index in [-0.39, 0.29) is 12.5 Å². The lowest BCUT2D eigenvalue weighted by molar-refractivity contribution is -0.127. The average molecular weight is 346 g/mol. The lowest BCUT2D eigenvalue weighted by Crippen LogP contribution is -2.48. The van der Waals surface area contributed by atoms with Crippen LogP contribution in [0.3, 0.4) is 0 Å². The molecule has 0 unspecified atom stereocenters. The number of likely N-dealkylation sites (N-methyl/N-ethyl adjacent to an activating group) is 1.